The van der Waals surface area contributed by atoms with E-state index in [9.17, 15) is 4.79 Å². The van der Waals surface area contributed by atoms with Gasteiger partial charge in [0.05, 0.1) is 12.7 Å². The molecule has 0 radical (unpaired) electrons. The summed E-state index contributed by atoms with van der Waals surface area (Å²) in [6, 6.07) is 0.602. The van der Waals surface area contributed by atoms with Crippen molar-refractivity contribution in [2.24, 2.45) is 5.92 Å². The van der Waals surface area contributed by atoms with Crippen LogP contribution in [0.1, 0.15) is 34.1 Å². The summed E-state index contributed by atoms with van der Waals surface area (Å²) in [5, 5.41) is 3.28. The predicted molar refractivity (Wildman–Crippen MR) is 70.7 cm³/mol. The maximum Gasteiger partial charge on any atom is 0.241 e. The molecule has 1 aliphatic rings. The summed E-state index contributed by atoms with van der Waals surface area (Å²) < 4.78 is 0. The van der Waals surface area contributed by atoms with E-state index in [-0.39, 0.29) is 11.9 Å². The van der Waals surface area contributed by atoms with Crippen LogP contribution in [-0.2, 0) is 4.79 Å². The van der Waals surface area contributed by atoms with Crippen molar-refractivity contribution in [1.82, 2.24) is 15.1 Å². The molecular weight excluding hydrogens is 214 g/mol. The summed E-state index contributed by atoms with van der Waals surface area (Å²) >= 11 is 0. The molecule has 1 heterocycles. The summed E-state index contributed by atoms with van der Waals surface area (Å²) in [5.41, 5.74) is 0. The minimum atomic E-state index is 0.0175. The van der Waals surface area contributed by atoms with E-state index in [1.165, 1.54) is 0 Å². The number of nitrogens with zero attached hydrogens (tertiary/aromatic N) is 2. The molecule has 1 rings (SSSR count). The van der Waals surface area contributed by atoms with Crippen LogP contribution in [0, 0.1) is 5.92 Å². The van der Waals surface area contributed by atoms with E-state index in [0.29, 0.717) is 18.6 Å². The lowest BCUT2D eigenvalue weighted by atomic mass is 10.1. The quantitative estimate of drug-likeness (QED) is 0.757. The van der Waals surface area contributed by atoms with Gasteiger partial charge in [0.1, 0.15) is 0 Å². The van der Waals surface area contributed by atoms with Crippen LogP contribution < -0.4 is 5.32 Å². The van der Waals surface area contributed by atoms with E-state index in [1.807, 2.05) is 4.90 Å². The van der Waals surface area contributed by atoms with Gasteiger partial charge in [-0.15, -0.1) is 0 Å². The van der Waals surface area contributed by atoms with Crippen LogP contribution in [0.4, 0.5) is 0 Å². The molecule has 0 aliphatic carbocycles. The number of hydrogen-bond donors (Lipinski definition) is 1. The van der Waals surface area contributed by atoms with Crippen molar-refractivity contribution in [2.75, 3.05) is 26.8 Å². The van der Waals surface area contributed by atoms with Crippen molar-refractivity contribution in [3.63, 3.8) is 0 Å². The van der Waals surface area contributed by atoms with Crippen molar-refractivity contribution in [3.8, 4) is 0 Å². The van der Waals surface area contributed by atoms with E-state index < -0.39 is 0 Å². The van der Waals surface area contributed by atoms with Gasteiger partial charge in [0.2, 0.25) is 5.91 Å². The van der Waals surface area contributed by atoms with E-state index in [0.717, 1.165) is 19.5 Å². The monoisotopic (exact) mass is 241 g/mol. The summed E-state index contributed by atoms with van der Waals surface area (Å²) in [5.74, 6) is 0.636. The summed E-state index contributed by atoms with van der Waals surface area (Å²) in [4.78, 5) is 16.3. The zero-order valence-electron chi connectivity index (χ0n) is 11.9. The summed E-state index contributed by atoms with van der Waals surface area (Å²) in [6.45, 7) is 11.1. The first-order chi connectivity index (χ1) is 7.97. The van der Waals surface area contributed by atoms with E-state index in [4.69, 9.17) is 0 Å². The Balaban J connectivity index is 2.37. The molecule has 1 amide bonds. The SMILES string of the molecule is CCC(C)N(C)CCN1CNC(C(C)C)C1=O. The Hall–Kier alpha value is -0.610. The Morgan fingerprint density at radius 3 is 2.59 bits per heavy atom. The third-order valence-electron chi connectivity index (χ3n) is 3.81. The molecule has 0 aromatic rings. The van der Waals surface area contributed by atoms with Gasteiger partial charge in [-0.1, -0.05) is 20.8 Å². The lowest BCUT2D eigenvalue weighted by molar-refractivity contribution is -0.129. The predicted octanol–water partition coefficient (Wildman–Crippen LogP) is 1.13. The van der Waals surface area contributed by atoms with Gasteiger partial charge in [-0.25, -0.2) is 0 Å². The van der Waals surface area contributed by atoms with Crippen molar-refractivity contribution in [3.05, 3.63) is 0 Å². The Labute approximate surface area is 105 Å². The highest BCUT2D eigenvalue weighted by molar-refractivity contribution is 5.84. The largest absolute Gasteiger partial charge is 0.327 e. The molecule has 0 spiro atoms. The maximum atomic E-state index is 12.0. The van der Waals surface area contributed by atoms with Gasteiger partial charge in [0.15, 0.2) is 0 Å². The van der Waals surface area contributed by atoms with E-state index in [1.54, 1.807) is 0 Å². The molecule has 1 saturated heterocycles. The van der Waals surface area contributed by atoms with Gasteiger partial charge >= 0.3 is 0 Å². The highest BCUT2D eigenvalue weighted by Crippen LogP contribution is 2.11. The lowest BCUT2D eigenvalue weighted by Gasteiger charge is -2.26. The minimum absolute atomic E-state index is 0.0175. The molecule has 4 nitrogen and oxygen atoms in total. The van der Waals surface area contributed by atoms with E-state index >= 15 is 0 Å². The first-order valence-corrected chi connectivity index (χ1v) is 6.69. The number of likely N-dealkylation sites (N-methyl/N-ethyl adjacent to an activating group) is 1. The second-order valence-electron chi connectivity index (χ2n) is 5.42. The molecule has 0 aromatic heterocycles. The molecule has 1 N–H and O–H groups in total. The van der Waals surface area contributed by atoms with Crippen molar-refractivity contribution < 1.29 is 4.79 Å². The van der Waals surface area contributed by atoms with Crippen molar-refractivity contribution in [1.29, 1.82) is 0 Å². The average Bonchev–Trinajstić information content (AvgIpc) is 2.66. The molecule has 100 valence electrons. The van der Waals surface area contributed by atoms with Crippen LogP contribution >= 0.6 is 0 Å². The zero-order chi connectivity index (χ0) is 13.0. The number of nitrogens with one attached hydrogen (secondary N) is 1. The van der Waals surface area contributed by atoms with E-state index in [2.05, 4.69) is 45.0 Å². The smallest absolute Gasteiger partial charge is 0.241 e. The highest BCUT2D eigenvalue weighted by atomic mass is 16.2. The molecule has 17 heavy (non-hydrogen) atoms. The van der Waals surface area contributed by atoms with Crippen LogP contribution in [0.3, 0.4) is 0 Å². The minimum Gasteiger partial charge on any atom is -0.327 e. The molecule has 0 aromatic carbocycles. The number of carbonyl (C=O) groups excluding carboxylic acids is 1. The normalized spacial score (nSPS) is 22.9. The standard InChI is InChI=1S/C13H27N3O/c1-6-11(4)15(5)7-8-16-9-14-12(10(2)3)13(16)17/h10-12,14H,6-9H2,1-5H3. The number of rotatable bonds is 6. The number of amides is 1. The fourth-order valence-corrected chi connectivity index (χ4v) is 2.09. The van der Waals surface area contributed by atoms with Crippen molar-refractivity contribution >= 4 is 5.91 Å². The molecule has 1 fully saturated rings. The van der Waals surface area contributed by atoms with Crippen LogP contribution in [-0.4, -0.2) is 54.6 Å². The van der Waals surface area contributed by atoms with Crippen LogP contribution in [0.15, 0.2) is 0 Å². The summed E-state index contributed by atoms with van der Waals surface area (Å²) in [6.07, 6.45) is 1.15. The van der Waals surface area contributed by atoms with Crippen LogP contribution in [0.5, 0.6) is 0 Å². The first-order valence-electron chi connectivity index (χ1n) is 6.69. The molecule has 4 heteroatoms. The molecule has 2 atom stereocenters. The van der Waals surface area contributed by atoms with Gasteiger partial charge in [0.25, 0.3) is 0 Å². The Kier molecular flexibility index (Phi) is 5.40. The topological polar surface area (TPSA) is 35.6 Å². The Morgan fingerprint density at radius 2 is 2.12 bits per heavy atom. The number of carbonyl (C=O) groups is 1. The van der Waals surface area contributed by atoms with Gasteiger partial charge in [-0.2, -0.15) is 0 Å². The van der Waals surface area contributed by atoms with Crippen LogP contribution in [0.2, 0.25) is 0 Å². The molecule has 0 bridgehead atoms. The Bertz CT molecular complexity index is 255. The number of hydrogen-bond acceptors (Lipinski definition) is 3. The molecule has 1 aliphatic heterocycles. The lowest BCUT2D eigenvalue weighted by Crippen LogP contribution is -2.39. The van der Waals surface area contributed by atoms with Gasteiger partial charge < -0.3 is 9.80 Å². The van der Waals surface area contributed by atoms with Gasteiger partial charge in [-0.05, 0) is 26.3 Å². The van der Waals surface area contributed by atoms with Crippen molar-refractivity contribution in [2.45, 2.75) is 46.2 Å². The third kappa shape index (κ3) is 3.68. The molecule has 2 unspecified atom stereocenters. The fraction of sp³-hybridized carbons (Fsp3) is 0.923. The second-order valence-corrected chi connectivity index (χ2v) is 5.42. The highest BCUT2D eigenvalue weighted by Gasteiger charge is 2.32. The zero-order valence-corrected chi connectivity index (χ0v) is 11.9. The average molecular weight is 241 g/mol. The first kappa shape index (κ1) is 14.5. The molecular formula is C13H27N3O. The maximum absolute atomic E-state index is 12.0. The van der Waals surface area contributed by atoms with Gasteiger partial charge in [-0.3, -0.25) is 10.1 Å². The molecule has 0 saturated carbocycles. The Morgan fingerprint density at radius 1 is 1.47 bits per heavy atom. The fourth-order valence-electron chi connectivity index (χ4n) is 2.09. The summed E-state index contributed by atoms with van der Waals surface area (Å²) in [7, 11) is 2.13. The van der Waals surface area contributed by atoms with Gasteiger partial charge in [0, 0.05) is 19.1 Å². The van der Waals surface area contributed by atoms with Crippen LogP contribution in [0.25, 0.3) is 0 Å². The third-order valence-corrected chi connectivity index (χ3v) is 3.81. The second kappa shape index (κ2) is 6.36.